The molecule has 0 aliphatic carbocycles. The molecular weight excluding hydrogens is 372 g/mol. The fourth-order valence-corrected chi connectivity index (χ4v) is 4.12. The molecule has 0 aromatic heterocycles. The third-order valence-electron chi connectivity index (χ3n) is 3.25. The van der Waals surface area contributed by atoms with Crippen molar-refractivity contribution >= 4 is 24.1 Å². The molecule has 0 saturated heterocycles. The molecule has 9 heteroatoms. The summed E-state index contributed by atoms with van der Waals surface area (Å²) in [6.07, 6.45) is -6.56. The minimum absolute atomic E-state index is 0.0497. The van der Waals surface area contributed by atoms with Gasteiger partial charge < -0.3 is 0 Å². The summed E-state index contributed by atoms with van der Waals surface area (Å²) in [5.41, 5.74) is -2.46. The standard InChI is InChI=1S/C16H10F7OP/c17-14(18,15(19,20)16(21,22)23)13(24)25(11-7-3-1-4-8-11)12-9-5-2-6-10-12/h1-10H. The number of hydrogen-bond donors (Lipinski definition) is 0. The second-order valence-corrected chi connectivity index (χ2v) is 7.07. The third kappa shape index (κ3) is 3.54. The largest absolute Gasteiger partial charge is 0.460 e. The summed E-state index contributed by atoms with van der Waals surface area (Å²) in [6, 6.07) is 13.4. The van der Waals surface area contributed by atoms with Crippen molar-refractivity contribution < 1.29 is 35.5 Å². The van der Waals surface area contributed by atoms with Crippen LogP contribution in [0.4, 0.5) is 30.7 Å². The van der Waals surface area contributed by atoms with E-state index in [1.165, 1.54) is 60.7 Å². The third-order valence-corrected chi connectivity index (χ3v) is 5.57. The zero-order chi connectivity index (χ0) is 18.9. The summed E-state index contributed by atoms with van der Waals surface area (Å²) in [4.78, 5) is 12.2. The minimum atomic E-state index is -6.56. The van der Waals surface area contributed by atoms with Gasteiger partial charge >= 0.3 is 18.0 Å². The number of benzene rings is 2. The van der Waals surface area contributed by atoms with E-state index in [0.29, 0.717) is 0 Å². The van der Waals surface area contributed by atoms with Crippen LogP contribution in [0.25, 0.3) is 0 Å². The number of alkyl halides is 7. The molecule has 25 heavy (non-hydrogen) atoms. The normalized spacial score (nSPS) is 13.1. The van der Waals surface area contributed by atoms with Crippen LogP contribution >= 0.6 is 7.92 Å². The highest BCUT2D eigenvalue weighted by atomic mass is 31.1. The molecule has 0 radical (unpaired) electrons. The summed E-state index contributed by atoms with van der Waals surface area (Å²) in [6.45, 7) is 0. The van der Waals surface area contributed by atoms with Gasteiger partial charge in [-0.05, 0) is 10.6 Å². The van der Waals surface area contributed by atoms with Crippen molar-refractivity contribution in [2.45, 2.75) is 18.0 Å². The highest BCUT2D eigenvalue weighted by molar-refractivity contribution is 7.88. The Labute approximate surface area is 139 Å². The van der Waals surface area contributed by atoms with Crippen molar-refractivity contribution in [2.75, 3.05) is 0 Å². The molecule has 0 atom stereocenters. The van der Waals surface area contributed by atoms with Crippen LogP contribution in [-0.2, 0) is 4.79 Å². The van der Waals surface area contributed by atoms with Crippen LogP contribution in [0, 0.1) is 0 Å². The summed E-state index contributed by atoms with van der Waals surface area (Å²) in [5, 5.41) is -0.0994. The quantitative estimate of drug-likeness (QED) is 0.551. The molecule has 0 spiro atoms. The smallest absolute Gasteiger partial charge is 0.287 e. The maximum atomic E-state index is 13.9. The van der Waals surface area contributed by atoms with Gasteiger partial charge in [-0.2, -0.15) is 30.7 Å². The molecule has 0 aliphatic rings. The Hall–Kier alpha value is -1.95. The van der Waals surface area contributed by atoms with E-state index in [-0.39, 0.29) is 10.6 Å². The molecule has 1 nitrogen and oxygen atoms in total. The van der Waals surface area contributed by atoms with Crippen molar-refractivity contribution in [3.8, 4) is 0 Å². The Morgan fingerprint density at radius 3 is 1.36 bits per heavy atom. The van der Waals surface area contributed by atoms with Gasteiger partial charge in [0.05, 0.1) is 0 Å². The summed E-state index contributed by atoms with van der Waals surface area (Å²) < 4.78 is 91.5. The molecule has 2 rings (SSSR count). The fourth-order valence-electron chi connectivity index (χ4n) is 1.99. The molecule has 0 unspecified atom stereocenters. The molecule has 0 heterocycles. The average Bonchev–Trinajstić information content (AvgIpc) is 2.55. The van der Waals surface area contributed by atoms with Crippen molar-refractivity contribution in [2.24, 2.45) is 0 Å². The zero-order valence-corrected chi connectivity index (χ0v) is 13.2. The van der Waals surface area contributed by atoms with Gasteiger partial charge in [-0.25, -0.2) is 0 Å². The molecule has 0 fully saturated rings. The summed E-state index contributed by atoms with van der Waals surface area (Å²) in [5.74, 6) is -12.4. The van der Waals surface area contributed by atoms with Crippen LogP contribution < -0.4 is 10.6 Å². The molecule has 0 aliphatic heterocycles. The first kappa shape index (κ1) is 19.4. The SMILES string of the molecule is O=C(P(c1ccccc1)c1ccccc1)C(F)(F)C(F)(F)C(F)(F)F. The lowest BCUT2D eigenvalue weighted by Crippen LogP contribution is -2.56. The van der Waals surface area contributed by atoms with Crippen molar-refractivity contribution in [3.63, 3.8) is 0 Å². The van der Waals surface area contributed by atoms with Gasteiger partial charge in [-0.1, -0.05) is 60.7 Å². The molecule has 0 amide bonds. The minimum Gasteiger partial charge on any atom is -0.287 e. The van der Waals surface area contributed by atoms with Gasteiger partial charge in [0.2, 0.25) is 5.52 Å². The molecule has 134 valence electrons. The molecule has 2 aromatic rings. The van der Waals surface area contributed by atoms with Crippen molar-refractivity contribution in [1.82, 2.24) is 0 Å². The Kier molecular flexibility index (Phi) is 5.23. The first-order valence-electron chi connectivity index (χ1n) is 6.77. The van der Waals surface area contributed by atoms with Gasteiger partial charge in [0, 0.05) is 7.92 Å². The Morgan fingerprint density at radius 2 is 1.04 bits per heavy atom. The van der Waals surface area contributed by atoms with E-state index in [9.17, 15) is 35.5 Å². The van der Waals surface area contributed by atoms with Crippen molar-refractivity contribution in [3.05, 3.63) is 60.7 Å². The predicted molar refractivity (Wildman–Crippen MR) is 80.0 cm³/mol. The maximum absolute atomic E-state index is 13.9. The Bertz CT molecular complexity index is 690. The highest BCUT2D eigenvalue weighted by Gasteiger charge is 2.76. The predicted octanol–water partition coefficient (Wildman–Crippen LogP) is 4.48. The second-order valence-electron chi connectivity index (χ2n) is 4.96. The van der Waals surface area contributed by atoms with Gasteiger partial charge in [-0.3, -0.25) is 4.79 Å². The molecule has 0 bridgehead atoms. The average molecular weight is 382 g/mol. The van der Waals surface area contributed by atoms with E-state index in [1.54, 1.807) is 0 Å². The van der Waals surface area contributed by atoms with Gasteiger partial charge in [0.1, 0.15) is 0 Å². The molecule has 0 saturated carbocycles. The highest BCUT2D eigenvalue weighted by Crippen LogP contribution is 2.52. The monoisotopic (exact) mass is 382 g/mol. The lowest BCUT2D eigenvalue weighted by Gasteiger charge is -2.30. The first-order valence-corrected chi connectivity index (χ1v) is 8.11. The molecule has 0 N–H and O–H groups in total. The zero-order valence-electron chi connectivity index (χ0n) is 12.3. The summed E-state index contributed by atoms with van der Waals surface area (Å²) >= 11 is 0. The lowest BCUT2D eigenvalue weighted by atomic mass is 10.2. The van der Waals surface area contributed by atoms with E-state index in [0.717, 1.165) is 0 Å². The molecule has 2 aromatic carbocycles. The van der Waals surface area contributed by atoms with E-state index in [1.807, 2.05) is 0 Å². The number of rotatable bonds is 5. The van der Waals surface area contributed by atoms with Crippen LogP contribution in [-0.4, -0.2) is 23.5 Å². The topological polar surface area (TPSA) is 17.1 Å². The van der Waals surface area contributed by atoms with Crippen LogP contribution in [0.5, 0.6) is 0 Å². The number of carbonyl (C=O) groups excluding carboxylic acids is 1. The first-order chi connectivity index (χ1) is 11.5. The van der Waals surface area contributed by atoms with Gasteiger partial charge in [0.15, 0.2) is 0 Å². The number of hydrogen-bond acceptors (Lipinski definition) is 1. The fraction of sp³-hybridized carbons (Fsp3) is 0.188. The summed E-state index contributed by atoms with van der Waals surface area (Å²) in [7, 11) is -2.78. The Morgan fingerprint density at radius 1 is 0.680 bits per heavy atom. The Balaban J connectivity index is 2.57. The van der Waals surface area contributed by atoms with E-state index in [4.69, 9.17) is 0 Å². The lowest BCUT2D eigenvalue weighted by molar-refractivity contribution is -0.341. The van der Waals surface area contributed by atoms with Crippen LogP contribution in [0.3, 0.4) is 0 Å². The van der Waals surface area contributed by atoms with Crippen LogP contribution in [0.15, 0.2) is 60.7 Å². The number of halogens is 7. The molecular formula is C16H10F7OP. The van der Waals surface area contributed by atoms with Gasteiger partial charge in [0.25, 0.3) is 0 Å². The van der Waals surface area contributed by atoms with Crippen molar-refractivity contribution in [1.29, 1.82) is 0 Å². The van der Waals surface area contributed by atoms with E-state index < -0.39 is 31.5 Å². The second kappa shape index (κ2) is 6.75. The maximum Gasteiger partial charge on any atom is 0.460 e. The van der Waals surface area contributed by atoms with Crippen LogP contribution in [0.2, 0.25) is 0 Å². The van der Waals surface area contributed by atoms with Gasteiger partial charge in [-0.15, -0.1) is 0 Å². The van der Waals surface area contributed by atoms with E-state index in [2.05, 4.69) is 0 Å². The number of carbonyl (C=O) groups is 1. The van der Waals surface area contributed by atoms with E-state index >= 15 is 0 Å². The van der Waals surface area contributed by atoms with Crippen LogP contribution in [0.1, 0.15) is 0 Å².